The Kier molecular flexibility index (Phi) is 12.1. The van der Waals surface area contributed by atoms with Gasteiger partial charge in [0, 0.05) is 77.2 Å². The van der Waals surface area contributed by atoms with E-state index >= 15 is 0 Å². The number of hydrogen-bond donors (Lipinski definition) is 1. The zero-order chi connectivity index (χ0) is 34.2. The Hall–Kier alpha value is -3.96. The summed E-state index contributed by atoms with van der Waals surface area (Å²) in [5.74, 6) is 1.22. The number of guanidine groups is 1. The first-order valence-electron chi connectivity index (χ1n) is 15.2. The van der Waals surface area contributed by atoms with Crippen LogP contribution in [-0.4, -0.2) is 55.1 Å². The Labute approximate surface area is 297 Å². The molecule has 252 valence electrons. The topological polar surface area (TPSA) is 92.5 Å². The van der Waals surface area contributed by atoms with Crippen LogP contribution in [0.25, 0.3) is 0 Å². The first-order chi connectivity index (χ1) is 23.1. The quantitative estimate of drug-likeness (QED) is 0.0712. The number of nitro benzene ring substituents is 1. The largest absolute Gasteiger partial charge is 0.487 e. The number of anilines is 1. The third-order valence-electron chi connectivity index (χ3n) is 7.62. The Bertz CT molecular complexity index is 1800. The van der Waals surface area contributed by atoms with E-state index in [0.29, 0.717) is 78.3 Å². The lowest BCUT2D eigenvalue weighted by molar-refractivity contribution is -0.385. The summed E-state index contributed by atoms with van der Waals surface area (Å²) >= 11 is 24.8. The van der Waals surface area contributed by atoms with E-state index in [1.165, 1.54) is 24.3 Å². The molecule has 4 aromatic carbocycles. The zero-order valence-electron chi connectivity index (χ0n) is 25.9. The SMILES string of the molecule is CCOc1cc(N2CCN(C(=NCc3ccc(Cl)cc3Oc3ccc(F)c(Cl)c3)NCCc3ccc(Cl)cc3Cl)CC2)ccc1[N+](=O)[O-]. The van der Waals surface area contributed by atoms with Crippen molar-refractivity contribution in [3.05, 3.63) is 120 Å². The van der Waals surface area contributed by atoms with Gasteiger partial charge in [0.25, 0.3) is 0 Å². The number of nitro groups is 1. The number of nitrogens with one attached hydrogen (secondary N) is 1. The summed E-state index contributed by atoms with van der Waals surface area (Å²) in [7, 11) is 0. The van der Waals surface area contributed by atoms with Crippen molar-refractivity contribution in [3.8, 4) is 17.2 Å². The molecule has 0 saturated carbocycles. The molecule has 1 fully saturated rings. The summed E-state index contributed by atoms with van der Waals surface area (Å²) < 4.78 is 25.4. The molecule has 5 rings (SSSR count). The normalized spacial score (nSPS) is 13.4. The van der Waals surface area contributed by atoms with Crippen molar-refractivity contribution in [1.29, 1.82) is 0 Å². The minimum absolute atomic E-state index is 0.0524. The molecule has 1 aliphatic heterocycles. The van der Waals surface area contributed by atoms with Crippen LogP contribution in [-0.2, 0) is 13.0 Å². The highest BCUT2D eigenvalue weighted by Crippen LogP contribution is 2.33. The van der Waals surface area contributed by atoms with Crippen molar-refractivity contribution >= 4 is 63.7 Å². The van der Waals surface area contributed by atoms with Gasteiger partial charge in [0.2, 0.25) is 0 Å². The van der Waals surface area contributed by atoms with Gasteiger partial charge in [-0.05, 0) is 61.4 Å². The fourth-order valence-electron chi connectivity index (χ4n) is 5.18. The van der Waals surface area contributed by atoms with Gasteiger partial charge < -0.3 is 24.6 Å². The second kappa shape index (κ2) is 16.4. The van der Waals surface area contributed by atoms with Crippen molar-refractivity contribution in [2.45, 2.75) is 19.9 Å². The molecule has 48 heavy (non-hydrogen) atoms. The van der Waals surface area contributed by atoms with Crippen LogP contribution in [0.5, 0.6) is 17.2 Å². The van der Waals surface area contributed by atoms with Gasteiger partial charge in [-0.1, -0.05) is 58.5 Å². The number of hydrogen-bond acceptors (Lipinski definition) is 6. The molecular formula is C34H32Cl4FN5O4. The number of rotatable bonds is 11. The van der Waals surface area contributed by atoms with E-state index in [1.54, 1.807) is 37.3 Å². The third kappa shape index (κ3) is 9.14. The monoisotopic (exact) mass is 733 g/mol. The van der Waals surface area contributed by atoms with Crippen molar-refractivity contribution in [1.82, 2.24) is 10.2 Å². The van der Waals surface area contributed by atoms with E-state index in [0.717, 1.165) is 16.8 Å². The number of halogens is 5. The maximum Gasteiger partial charge on any atom is 0.311 e. The molecule has 0 spiro atoms. The van der Waals surface area contributed by atoms with Crippen molar-refractivity contribution < 1.29 is 18.8 Å². The minimum atomic E-state index is -0.543. The molecule has 1 heterocycles. The second-order valence-electron chi connectivity index (χ2n) is 10.8. The van der Waals surface area contributed by atoms with E-state index in [4.69, 9.17) is 60.9 Å². The predicted octanol–water partition coefficient (Wildman–Crippen LogP) is 9.05. The van der Waals surface area contributed by atoms with Crippen molar-refractivity contribution in [3.63, 3.8) is 0 Å². The maximum atomic E-state index is 13.7. The van der Waals surface area contributed by atoms with Crippen molar-refractivity contribution in [2.75, 3.05) is 44.2 Å². The van der Waals surface area contributed by atoms with Gasteiger partial charge in [-0.25, -0.2) is 9.38 Å². The highest BCUT2D eigenvalue weighted by Gasteiger charge is 2.23. The van der Waals surface area contributed by atoms with Gasteiger partial charge in [-0.15, -0.1) is 0 Å². The highest BCUT2D eigenvalue weighted by atomic mass is 35.5. The van der Waals surface area contributed by atoms with Crippen molar-refractivity contribution in [2.24, 2.45) is 4.99 Å². The molecule has 0 aromatic heterocycles. The predicted molar refractivity (Wildman–Crippen MR) is 190 cm³/mol. The lowest BCUT2D eigenvalue weighted by atomic mass is 10.1. The highest BCUT2D eigenvalue weighted by molar-refractivity contribution is 6.35. The summed E-state index contributed by atoms with van der Waals surface area (Å²) in [6.45, 7) is 5.48. The Morgan fingerprint density at radius 3 is 2.31 bits per heavy atom. The first-order valence-corrected chi connectivity index (χ1v) is 16.7. The maximum absolute atomic E-state index is 13.7. The average molecular weight is 735 g/mol. The number of aliphatic imine (C=N–C) groups is 1. The van der Waals surface area contributed by atoms with Crippen LogP contribution in [0.4, 0.5) is 15.8 Å². The Morgan fingerprint density at radius 1 is 0.896 bits per heavy atom. The molecule has 1 saturated heterocycles. The van der Waals surface area contributed by atoms with E-state index in [-0.39, 0.29) is 23.0 Å². The van der Waals surface area contributed by atoms with E-state index in [9.17, 15) is 14.5 Å². The Morgan fingerprint density at radius 2 is 1.62 bits per heavy atom. The second-order valence-corrected chi connectivity index (χ2v) is 12.5. The zero-order valence-corrected chi connectivity index (χ0v) is 28.9. The standard InChI is InChI=1S/C34H32Cl4FN5O4/c1-2-47-33-19-26(7-10-31(33)44(45)46)42-13-15-43(16-14-42)34(40-12-11-22-3-5-24(35)17-28(22)37)41-21-23-4-6-25(36)18-32(23)48-27-8-9-30(39)29(38)20-27/h3-10,17-20H,2,11-16,21H2,1H3,(H,40,41). The van der Waals surface area contributed by atoms with E-state index in [2.05, 4.69) is 15.1 Å². The lowest BCUT2D eigenvalue weighted by Gasteiger charge is -2.38. The fraction of sp³-hybridized carbons (Fsp3) is 0.265. The van der Waals surface area contributed by atoms with Crippen LogP contribution in [0, 0.1) is 15.9 Å². The smallest absolute Gasteiger partial charge is 0.311 e. The number of benzene rings is 4. The summed E-state index contributed by atoms with van der Waals surface area (Å²) in [6, 6.07) is 19.8. The molecule has 14 heteroatoms. The summed E-state index contributed by atoms with van der Waals surface area (Å²) in [4.78, 5) is 20.3. The molecule has 0 bridgehead atoms. The van der Waals surface area contributed by atoms with Gasteiger partial charge in [-0.2, -0.15) is 0 Å². The van der Waals surface area contributed by atoms with Gasteiger partial charge in [0.05, 0.1) is 23.1 Å². The van der Waals surface area contributed by atoms with Crippen LogP contribution in [0.3, 0.4) is 0 Å². The summed E-state index contributed by atoms with van der Waals surface area (Å²) in [5.41, 5.74) is 2.49. The average Bonchev–Trinajstić information content (AvgIpc) is 3.06. The van der Waals surface area contributed by atoms with Crippen LogP contribution in [0.1, 0.15) is 18.1 Å². The molecule has 0 atom stereocenters. The summed E-state index contributed by atoms with van der Waals surface area (Å²) in [5, 5.41) is 16.5. The molecule has 0 radical (unpaired) electrons. The number of ether oxygens (including phenoxy) is 2. The molecule has 1 aliphatic rings. The van der Waals surface area contributed by atoms with E-state index < -0.39 is 10.7 Å². The van der Waals surface area contributed by atoms with Crippen LogP contribution >= 0.6 is 46.4 Å². The molecule has 0 aliphatic carbocycles. The van der Waals surface area contributed by atoms with Gasteiger partial charge in [-0.3, -0.25) is 10.1 Å². The molecular weight excluding hydrogens is 703 g/mol. The third-order valence-corrected chi connectivity index (χ3v) is 8.74. The fourth-order valence-corrected chi connectivity index (χ4v) is 6.02. The summed E-state index contributed by atoms with van der Waals surface area (Å²) in [6.07, 6.45) is 0.638. The first kappa shape index (κ1) is 35.3. The Balaban J connectivity index is 1.34. The molecule has 9 nitrogen and oxygen atoms in total. The molecule has 4 aromatic rings. The number of nitrogens with zero attached hydrogens (tertiary/aromatic N) is 4. The molecule has 1 N–H and O–H groups in total. The van der Waals surface area contributed by atoms with Gasteiger partial charge >= 0.3 is 5.69 Å². The number of piperazine rings is 1. The lowest BCUT2D eigenvalue weighted by Crippen LogP contribution is -2.52. The minimum Gasteiger partial charge on any atom is -0.487 e. The molecule has 0 amide bonds. The van der Waals surface area contributed by atoms with Gasteiger partial charge in [0.15, 0.2) is 11.7 Å². The van der Waals surface area contributed by atoms with Crippen LogP contribution < -0.4 is 19.7 Å². The van der Waals surface area contributed by atoms with Crippen LogP contribution in [0.15, 0.2) is 77.8 Å². The van der Waals surface area contributed by atoms with E-state index in [1.807, 2.05) is 18.2 Å². The van der Waals surface area contributed by atoms with Gasteiger partial charge in [0.1, 0.15) is 17.3 Å². The van der Waals surface area contributed by atoms with Crippen LogP contribution in [0.2, 0.25) is 20.1 Å². The molecule has 0 unspecified atom stereocenters.